The fraction of sp³-hybridized carbons (Fsp3) is 0.545. The van der Waals surface area contributed by atoms with E-state index in [2.05, 4.69) is 17.2 Å². The monoisotopic (exact) mass is 176 g/mol. The Morgan fingerprint density at radius 2 is 2.31 bits per heavy atom. The van der Waals surface area contributed by atoms with Crippen molar-refractivity contribution in [3.05, 3.63) is 24.4 Å². The van der Waals surface area contributed by atoms with E-state index in [9.17, 15) is 0 Å². The Morgan fingerprint density at radius 3 is 2.85 bits per heavy atom. The van der Waals surface area contributed by atoms with Gasteiger partial charge in [0.05, 0.1) is 0 Å². The lowest BCUT2D eigenvalue weighted by Crippen LogP contribution is -2.31. The molecule has 1 atom stereocenters. The van der Waals surface area contributed by atoms with Crippen molar-refractivity contribution < 1.29 is 0 Å². The van der Waals surface area contributed by atoms with Crippen molar-refractivity contribution in [2.45, 2.75) is 32.2 Å². The SMILES string of the molecule is C[C@@H](Nc1ccccn1)C1CCC1. The maximum atomic E-state index is 4.25. The highest BCUT2D eigenvalue weighted by atomic mass is 15.0. The van der Waals surface area contributed by atoms with Crippen molar-refractivity contribution in [3.8, 4) is 0 Å². The van der Waals surface area contributed by atoms with Crippen LogP contribution in [0.5, 0.6) is 0 Å². The fourth-order valence-corrected chi connectivity index (χ4v) is 1.74. The van der Waals surface area contributed by atoms with Crippen LogP contribution < -0.4 is 5.32 Å². The first-order chi connectivity index (χ1) is 6.36. The Labute approximate surface area is 79.4 Å². The summed E-state index contributed by atoms with van der Waals surface area (Å²) in [4.78, 5) is 4.25. The van der Waals surface area contributed by atoms with Gasteiger partial charge in [0.25, 0.3) is 0 Å². The molecule has 1 aliphatic rings. The predicted molar refractivity (Wildman–Crippen MR) is 54.7 cm³/mol. The average molecular weight is 176 g/mol. The molecule has 0 spiro atoms. The summed E-state index contributed by atoms with van der Waals surface area (Å²) in [6.45, 7) is 2.25. The van der Waals surface area contributed by atoms with Crippen LogP contribution in [-0.2, 0) is 0 Å². The van der Waals surface area contributed by atoms with E-state index in [1.165, 1.54) is 19.3 Å². The molecule has 1 N–H and O–H groups in total. The minimum atomic E-state index is 0.573. The quantitative estimate of drug-likeness (QED) is 0.766. The van der Waals surface area contributed by atoms with Crippen LogP contribution in [0, 0.1) is 5.92 Å². The summed E-state index contributed by atoms with van der Waals surface area (Å²) in [5.74, 6) is 1.86. The minimum Gasteiger partial charge on any atom is -0.367 e. The molecule has 0 bridgehead atoms. The van der Waals surface area contributed by atoms with Crippen molar-refractivity contribution >= 4 is 5.82 Å². The van der Waals surface area contributed by atoms with Crippen LogP contribution in [0.25, 0.3) is 0 Å². The van der Waals surface area contributed by atoms with Crippen molar-refractivity contribution in [3.63, 3.8) is 0 Å². The highest BCUT2D eigenvalue weighted by Crippen LogP contribution is 2.30. The summed E-state index contributed by atoms with van der Waals surface area (Å²) in [5, 5.41) is 3.43. The highest BCUT2D eigenvalue weighted by Gasteiger charge is 2.23. The second kappa shape index (κ2) is 3.77. The summed E-state index contributed by atoms with van der Waals surface area (Å²) in [5.41, 5.74) is 0. The molecule has 0 saturated heterocycles. The van der Waals surface area contributed by atoms with Gasteiger partial charge < -0.3 is 5.32 Å². The van der Waals surface area contributed by atoms with Crippen molar-refractivity contribution in [1.29, 1.82) is 0 Å². The van der Waals surface area contributed by atoms with Crippen LogP contribution in [0.4, 0.5) is 5.82 Å². The zero-order chi connectivity index (χ0) is 9.10. The Balaban J connectivity index is 1.90. The third-order valence-electron chi connectivity index (χ3n) is 2.90. The largest absolute Gasteiger partial charge is 0.367 e. The van der Waals surface area contributed by atoms with Crippen LogP contribution in [0.2, 0.25) is 0 Å². The molecule has 0 aliphatic heterocycles. The van der Waals surface area contributed by atoms with Gasteiger partial charge in [-0.05, 0) is 37.8 Å². The molecule has 1 fully saturated rings. The standard InChI is InChI=1S/C11H16N2/c1-9(10-5-4-6-10)13-11-7-2-3-8-12-11/h2-3,7-10H,4-6H2,1H3,(H,12,13)/t9-/m1/s1. The second-order valence-corrected chi connectivity index (χ2v) is 3.84. The highest BCUT2D eigenvalue weighted by molar-refractivity contribution is 5.34. The Hall–Kier alpha value is -1.05. The predicted octanol–water partition coefficient (Wildman–Crippen LogP) is 2.68. The minimum absolute atomic E-state index is 0.573. The number of hydrogen-bond acceptors (Lipinski definition) is 2. The van der Waals surface area contributed by atoms with Gasteiger partial charge in [-0.2, -0.15) is 0 Å². The number of nitrogens with zero attached hydrogens (tertiary/aromatic N) is 1. The summed E-state index contributed by atoms with van der Waals surface area (Å²) in [6.07, 6.45) is 5.98. The van der Waals surface area contributed by atoms with Gasteiger partial charge in [0.15, 0.2) is 0 Å². The molecule has 1 aromatic rings. The van der Waals surface area contributed by atoms with E-state index < -0.39 is 0 Å². The molecule has 1 saturated carbocycles. The smallest absolute Gasteiger partial charge is 0.126 e. The lowest BCUT2D eigenvalue weighted by atomic mass is 9.80. The lowest BCUT2D eigenvalue weighted by molar-refractivity contribution is 0.285. The molecule has 70 valence electrons. The first kappa shape index (κ1) is 8.54. The van der Waals surface area contributed by atoms with Crippen molar-refractivity contribution in [1.82, 2.24) is 4.98 Å². The van der Waals surface area contributed by atoms with Gasteiger partial charge in [0, 0.05) is 12.2 Å². The first-order valence-electron chi connectivity index (χ1n) is 5.04. The van der Waals surface area contributed by atoms with E-state index in [1.807, 2.05) is 24.4 Å². The van der Waals surface area contributed by atoms with Crippen LogP contribution in [0.1, 0.15) is 26.2 Å². The number of anilines is 1. The Bertz CT molecular complexity index is 254. The number of hydrogen-bond donors (Lipinski definition) is 1. The second-order valence-electron chi connectivity index (χ2n) is 3.84. The molecule has 0 amide bonds. The van der Waals surface area contributed by atoms with E-state index >= 15 is 0 Å². The molecule has 0 aromatic carbocycles. The molecular weight excluding hydrogens is 160 g/mol. The van der Waals surface area contributed by atoms with E-state index in [1.54, 1.807) is 0 Å². The number of rotatable bonds is 3. The maximum Gasteiger partial charge on any atom is 0.126 e. The number of nitrogens with one attached hydrogen (secondary N) is 1. The average Bonchev–Trinajstić information content (AvgIpc) is 2.02. The van der Waals surface area contributed by atoms with E-state index in [4.69, 9.17) is 0 Å². The van der Waals surface area contributed by atoms with Crippen LogP contribution in [0.15, 0.2) is 24.4 Å². The summed E-state index contributed by atoms with van der Waals surface area (Å²) in [7, 11) is 0. The summed E-state index contributed by atoms with van der Waals surface area (Å²) < 4.78 is 0. The zero-order valence-corrected chi connectivity index (χ0v) is 8.03. The van der Waals surface area contributed by atoms with Gasteiger partial charge in [-0.1, -0.05) is 12.5 Å². The molecule has 1 aliphatic carbocycles. The normalized spacial score (nSPS) is 19.2. The molecule has 2 nitrogen and oxygen atoms in total. The van der Waals surface area contributed by atoms with Crippen LogP contribution in [-0.4, -0.2) is 11.0 Å². The van der Waals surface area contributed by atoms with Crippen molar-refractivity contribution in [2.24, 2.45) is 5.92 Å². The third kappa shape index (κ3) is 2.00. The number of aromatic nitrogens is 1. The fourth-order valence-electron chi connectivity index (χ4n) is 1.74. The third-order valence-corrected chi connectivity index (χ3v) is 2.90. The van der Waals surface area contributed by atoms with Gasteiger partial charge in [-0.25, -0.2) is 4.98 Å². The number of pyridine rings is 1. The van der Waals surface area contributed by atoms with Gasteiger partial charge >= 0.3 is 0 Å². The van der Waals surface area contributed by atoms with Gasteiger partial charge in [-0.3, -0.25) is 0 Å². The molecule has 1 heterocycles. The van der Waals surface area contributed by atoms with E-state index in [0.29, 0.717) is 6.04 Å². The molecule has 2 rings (SSSR count). The first-order valence-corrected chi connectivity index (χ1v) is 5.04. The molecule has 13 heavy (non-hydrogen) atoms. The Kier molecular flexibility index (Phi) is 2.48. The Morgan fingerprint density at radius 1 is 1.46 bits per heavy atom. The molecule has 2 heteroatoms. The van der Waals surface area contributed by atoms with Gasteiger partial charge in [-0.15, -0.1) is 0 Å². The zero-order valence-electron chi connectivity index (χ0n) is 8.03. The van der Waals surface area contributed by atoms with E-state index in [0.717, 1.165) is 11.7 Å². The summed E-state index contributed by atoms with van der Waals surface area (Å²) >= 11 is 0. The van der Waals surface area contributed by atoms with Crippen molar-refractivity contribution in [2.75, 3.05) is 5.32 Å². The molecule has 0 radical (unpaired) electrons. The maximum absolute atomic E-state index is 4.25. The van der Waals surface area contributed by atoms with Gasteiger partial charge in [0.2, 0.25) is 0 Å². The topological polar surface area (TPSA) is 24.9 Å². The lowest BCUT2D eigenvalue weighted by Gasteiger charge is -2.32. The van der Waals surface area contributed by atoms with Gasteiger partial charge in [0.1, 0.15) is 5.82 Å². The van der Waals surface area contributed by atoms with Crippen LogP contribution >= 0.6 is 0 Å². The van der Waals surface area contributed by atoms with E-state index in [-0.39, 0.29) is 0 Å². The molecule has 0 unspecified atom stereocenters. The summed E-state index contributed by atoms with van der Waals surface area (Å²) in [6, 6.07) is 6.56. The molecular formula is C11H16N2. The van der Waals surface area contributed by atoms with Crippen LogP contribution in [0.3, 0.4) is 0 Å². The molecule has 1 aromatic heterocycles.